The summed E-state index contributed by atoms with van der Waals surface area (Å²) in [6.07, 6.45) is 5.64. The van der Waals surface area contributed by atoms with Crippen molar-refractivity contribution >= 4 is 0 Å². The number of hydrogen-bond donors (Lipinski definition) is 2. The van der Waals surface area contributed by atoms with Crippen molar-refractivity contribution < 1.29 is 5.11 Å². The van der Waals surface area contributed by atoms with Crippen molar-refractivity contribution in [3.63, 3.8) is 0 Å². The topological polar surface area (TPSA) is 45.1 Å². The van der Waals surface area contributed by atoms with E-state index in [0.717, 1.165) is 25.9 Å². The van der Waals surface area contributed by atoms with Crippen LogP contribution in [-0.4, -0.2) is 29.8 Å². The highest BCUT2D eigenvalue weighted by Crippen LogP contribution is 2.18. The molecule has 0 saturated carbocycles. The first-order chi connectivity index (χ1) is 7.70. The molecule has 2 N–H and O–H groups in total. The van der Waals surface area contributed by atoms with Crippen molar-refractivity contribution in [3.05, 3.63) is 30.1 Å². The molecule has 16 heavy (non-hydrogen) atoms. The first-order valence-electron chi connectivity index (χ1n) is 5.91. The van der Waals surface area contributed by atoms with E-state index in [4.69, 9.17) is 0 Å². The fraction of sp³-hybridized carbons (Fsp3) is 0.615. The number of rotatable bonds is 7. The number of nitrogens with zero attached hydrogens (tertiary/aromatic N) is 1. The van der Waals surface area contributed by atoms with Gasteiger partial charge in [-0.05, 0) is 37.1 Å². The van der Waals surface area contributed by atoms with Gasteiger partial charge in [0.05, 0.1) is 0 Å². The summed E-state index contributed by atoms with van der Waals surface area (Å²) in [5.41, 5.74) is 1.31. The molecule has 0 spiro atoms. The molecule has 1 heterocycles. The molecule has 3 heteroatoms. The van der Waals surface area contributed by atoms with Crippen LogP contribution in [0.2, 0.25) is 0 Å². The fourth-order valence-corrected chi connectivity index (χ4v) is 1.47. The monoisotopic (exact) mass is 222 g/mol. The number of aromatic nitrogens is 1. The number of nitrogens with one attached hydrogen (secondary N) is 1. The Bertz CT molecular complexity index is 283. The summed E-state index contributed by atoms with van der Waals surface area (Å²) in [4.78, 5) is 3.99. The number of aliphatic hydroxyl groups is 1. The van der Waals surface area contributed by atoms with E-state index in [1.807, 2.05) is 24.5 Å². The van der Waals surface area contributed by atoms with Gasteiger partial charge in [0.2, 0.25) is 0 Å². The van der Waals surface area contributed by atoms with E-state index in [-0.39, 0.29) is 12.0 Å². The molecule has 0 saturated heterocycles. The van der Waals surface area contributed by atoms with Gasteiger partial charge in [-0.2, -0.15) is 0 Å². The summed E-state index contributed by atoms with van der Waals surface area (Å²) in [5, 5.41) is 12.6. The highest BCUT2D eigenvalue weighted by atomic mass is 16.3. The lowest BCUT2D eigenvalue weighted by Gasteiger charge is -2.25. The normalized spacial score (nSPS) is 14.7. The Labute approximate surface area is 97.9 Å². The SMILES string of the molecule is CCC(C)(CO)CNCCc1ccncc1. The molecule has 1 rings (SSSR count). The summed E-state index contributed by atoms with van der Waals surface area (Å²) in [6, 6.07) is 4.07. The molecule has 1 unspecified atom stereocenters. The minimum atomic E-state index is 0.0121. The van der Waals surface area contributed by atoms with Gasteiger partial charge >= 0.3 is 0 Å². The van der Waals surface area contributed by atoms with E-state index >= 15 is 0 Å². The third-order valence-electron chi connectivity index (χ3n) is 3.13. The molecule has 0 bridgehead atoms. The van der Waals surface area contributed by atoms with E-state index in [2.05, 4.69) is 24.1 Å². The van der Waals surface area contributed by atoms with Crippen molar-refractivity contribution in [1.82, 2.24) is 10.3 Å². The largest absolute Gasteiger partial charge is 0.396 e. The van der Waals surface area contributed by atoms with E-state index in [9.17, 15) is 5.11 Å². The van der Waals surface area contributed by atoms with Crippen LogP contribution in [0, 0.1) is 5.41 Å². The van der Waals surface area contributed by atoms with Crippen LogP contribution in [-0.2, 0) is 6.42 Å². The predicted octanol–water partition coefficient (Wildman–Crippen LogP) is 1.62. The van der Waals surface area contributed by atoms with E-state index in [0.29, 0.717) is 0 Å². The molecule has 1 aromatic rings. The Balaban J connectivity index is 2.22. The van der Waals surface area contributed by atoms with Crippen LogP contribution in [0.15, 0.2) is 24.5 Å². The fourth-order valence-electron chi connectivity index (χ4n) is 1.47. The second kappa shape index (κ2) is 6.61. The lowest BCUT2D eigenvalue weighted by Crippen LogP contribution is -2.35. The maximum Gasteiger partial charge on any atom is 0.0496 e. The molecule has 0 aromatic carbocycles. The van der Waals surface area contributed by atoms with Crippen molar-refractivity contribution in [2.24, 2.45) is 5.41 Å². The van der Waals surface area contributed by atoms with Gasteiger partial charge in [-0.1, -0.05) is 13.8 Å². The Kier molecular flexibility index (Phi) is 5.43. The quantitative estimate of drug-likeness (QED) is 0.689. The van der Waals surface area contributed by atoms with Crippen LogP contribution in [0.25, 0.3) is 0 Å². The molecule has 1 aromatic heterocycles. The Hall–Kier alpha value is -0.930. The Morgan fingerprint density at radius 1 is 1.38 bits per heavy atom. The van der Waals surface area contributed by atoms with E-state index in [1.54, 1.807) is 0 Å². The standard InChI is InChI=1S/C13H22N2O/c1-3-13(2,11-16)10-15-9-6-12-4-7-14-8-5-12/h4-5,7-8,15-16H,3,6,9-11H2,1-2H3. The van der Waals surface area contributed by atoms with Crippen LogP contribution in [0.5, 0.6) is 0 Å². The van der Waals surface area contributed by atoms with Gasteiger partial charge in [0.1, 0.15) is 0 Å². The summed E-state index contributed by atoms with van der Waals surface area (Å²) in [5.74, 6) is 0. The Morgan fingerprint density at radius 3 is 2.62 bits per heavy atom. The molecule has 0 fully saturated rings. The number of aliphatic hydroxyl groups excluding tert-OH is 1. The second-order valence-electron chi connectivity index (χ2n) is 4.60. The summed E-state index contributed by atoms with van der Waals surface area (Å²) in [6.45, 7) is 6.27. The molecule has 0 aliphatic heterocycles. The number of hydrogen-bond acceptors (Lipinski definition) is 3. The average Bonchev–Trinajstić information content (AvgIpc) is 2.36. The minimum Gasteiger partial charge on any atom is -0.396 e. The summed E-state index contributed by atoms with van der Waals surface area (Å²) >= 11 is 0. The summed E-state index contributed by atoms with van der Waals surface area (Å²) in [7, 11) is 0. The van der Waals surface area contributed by atoms with Gasteiger partial charge in [-0.25, -0.2) is 0 Å². The van der Waals surface area contributed by atoms with Crippen LogP contribution in [0.4, 0.5) is 0 Å². The zero-order valence-electron chi connectivity index (χ0n) is 10.2. The van der Waals surface area contributed by atoms with Gasteiger partial charge in [0.25, 0.3) is 0 Å². The lowest BCUT2D eigenvalue weighted by atomic mass is 9.88. The molecule has 0 aliphatic rings. The molecule has 3 nitrogen and oxygen atoms in total. The molecular weight excluding hydrogens is 200 g/mol. The molecule has 0 radical (unpaired) electrons. The molecular formula is C13H22N2O. The zero-order chi connectivity index (χ0) is 11.9. The highest BCUT2D eigenvalue weighted by molar-refractivity contribution is 5.09. The lowest BCUT2D eigenvalue weighted by molar-refractivity contribution is 0.136. The van der Waals surface area contributed by atoms with Crippen molar-refractivity contribution in [3.8, 4) is 0 Å². The third-order valence-corrected chi connectivity index (χ3v) is 3.13. The van der Waals surface area contributed by atoms with E-state index in [1.165, 1.54) is 5.56 Å². The molecule has 0 aliphatic carbocycles. The summed E-state index contributed by atoms with van der Waals surface area (Å²) < 4.78 is 0. The first kappa shape index (κ1) is 13.1. The predicted molar refractivity (Wildman–Crippen MR) is 66.3 cm³/mol. The maximum atomic E-state index is 9.25. The Morgan fingerprint density at radius 2 is 2.06 bits per heavy atom. The van der Waals surface area contributed by atoms with Gasteiger partial charge in [0.15, 0.2) is 0 Å². The minimum absolute atomic E-state index is 0.0121. The van der Waals surface area contributed by atoms with Crippen molar-refractivity contribution in [2.75, 3.05) is 19.7 Å². The third kappa shape index (κ3) is 4.29. The first-order valence-corrected chi connectivity index (χ1v) is 5.91. The maximum absolute atomic E-state index is 9.25. The van der Waals surface area contributed by atoms with Gasteiger partial charge in [-0.3, -0.25) is 4.98 Å². The van der Waals surface area contributed by atoms with Crippen LogP contribution in [0.1, 0.15) is 25.8 Å². The van der Waals surface area contributed by atoms with Crippen LogP contribution < -0.4 is 5.32 Å². The van der Waals surface area contributed by atoms with Crippen molar-refractivity contribution in [1.29, 1.82) is 0 Å². The molecule has 1 atom stereocenters. The van der Waals surface area contributed by atoms with Gasteiger partial charge in [-0.15, -0.1) is 0 Å². The number of pyridine rings is 1. The smallest absolute Gasteiger partial charge is 0.0496 e. The van der Waals surface area contributed by atoms with E-state index < -0.39 is 0 Å². The molecule has 0 amide bonds. The molecule has 90 valence electrons. The second-order valence-corrected chi connectivity index (χ2v) is 4.60. The van der Waals surface area contributed by atoms with Crippen LogP contribution in [0.3, 0.4) is 0 Å². The van der Waals surface area contributed by atoms with Gasteiger partial charge < -0.3 is 10.4 Å². The zero-order valence-corrected chi connectivity index (χ0v) is 10.2. The van der Waals surface area contributed by atoms with Gasteiger partial charge in [0, 0.05) is 31.0 Å². The van der Waals surface area contributed by atoms with Crippen molar-refractivity contribution in [2.45, 2.75) is 26.7 Å². The van der Waals surface area contributed by atoms with Crippen LogP contribution >= 0.6 is 0 Å². The average molecular weight is 222 g/mol. The highest BCUT2D eigenvalue weighted by Gasteiger charge is 2.19.